The van der Waals surface area contributed by atoms with Crippen molar-refractivity contribution in [3.63, 3.8) is 0 Å². The molecule has 0 saturated heterocycles. The lowest BCUT2D eigenvalue weighted by Gasteiger charge is -2.29. The van der Waals surface area contributed by atoms with Crippen molar-refractivity contribution in [2.45, 2.75) is 25.4 Å². The van der Waals surface area contributed by atoms with Crippen LogP contribution in [0.4, 0.5) is 5.82 Å². The van der Waals surface area contributed by atoms with Gasteiger partial charge in [-0.2, -0.15) is 0 Å². The van der Waals surface area contributed by atoms with Crippen LogP contribution in [0.3, 0.4) is 0 Å². The van der Waals surface area contributed by atoms with Gasteiger partial charge in [-0.15, -0.1) is 0 Å². The summed E-state index contributed by atoms with van der Waals surface area (Å²) in [7, 11) is 0. The van der Waals surface area contributed by atoms with Gasteiger partial charge in [-0.05, 0) is 18.1 Å². The van der Waals surface area contributed by atoms with E-state index in [0.717, 1.165) is 12.0 Å². The van der Waals surface area contributed by atoms with Gasteiger partial charge >= 0.3 is 0 Å². The van der Waals surface area contributed by atoms with E-state index in [1.54, 1.807) is 6.07 Å². The second-order valence-corrected chi connectivity index (χ2v) is 5.00. The Kier molecular flexibility index (Phi) is 4.08. The van der Waals surface area contributed by atoms with Crippen LogP contribution in [-0.2, 0) is 5.60 Å². The lowest BCUT2D eigenvalue weighted by atomic mass is 9.83. The Morgan fingerprint density at radius 1 is 1.32 bits per heavy atom. The Hall–Kier alpha value is -1.58. The molecule has 0 bridgehead atoms. The van der Waals surface area contributed by atoms with E-state index in [0.29, 0.717) is 22.8 Å². The van der Waals surface area contributed by atoms with Gasteiger partial charge in [0.15, 0.2) is 0 Å². The summed E-state index contributed by atoms with van der Waals surface area (Å²) in [5.41, 5.74) is 6.12. The third-order valence-electron chi connectivity index (χ3n) is 3.19. The van der Waals surface area contributed by atoms with E-state index in [1.165, 1.54) is 6.20 Å². The standard InChI is InChI=1S/C15H17ClN2O/c1-2-8-15(19,11-6-4-3-5-7-11)13-9-12(16)10-18-14(13)17/h3-7,9-10,19H,2,8H2,1H3,(H2,17,18). The molecule has 1 aromatic heterocycles. The highest BCUT2D eigenvalue weighted by Crippen LogP contribution is 2.37. The minimum atomic E-state index is -1.15. The summed E-state index contributed by atoms with van der Waals surface area (Å²) in [5, 5.41) is 11.5. The van der Waals surface area contributed by atoms with E-state index in [2.05, 4.69) is 4.98 Å². The van der Waals surface area contributed by atoms with Gasteiger partial charge in [0.1, 0.15) is 11.4 Å². The smallest absolute Gasteiger partial charge is 0.129 e. The number of nitrogens with two attached hydrogens (primary N) is 1. The van der Waals surface area contributed by atoms with Gasteiger partial charge in [0.05, 0.1) is 5.02 Å². The van der Waals surface area contributed by atoms with Crippen LogP contribution in [0.15, 0.2) is 42.6 Å². The SMILES string of the molecule is CCCC(O)(c1ccccc1)c1cc(Cl)cnc1N. The topological polar surface area (TPSA) is 59.1 Å². The number of nitrogens with zero attached hydrogens (tertiary/aromatic N) is 1. The molecule has 100 valence electrons. The van der Waals surface area contributed by atoms with Crippen LogP contribution in [0, 0.1) is 0 Å². The van der Waals surface area contributed by atoms with Crippen molar-refractivity contribution in [2.24, 2.45) is 0 Å². The molecule has 0 aliphatic rings. The van der Waals surface area contributed by atoms with Gasteiger partial charge in [0.25, 0.3) is 0 Å². The number of halogens is 1. The normalized spacial score (nSPS) is 14.1. The van der Waals surface area contributed by atoms with Gasteiger partial charge < -0.3 is 10.8 Å². The summed E-state index contributed by atoms with van der Waals surface area (Å²) in [6.45, 7) is 2.02. The second-order valence-electron chi connectivity index (χ2n) is 4.56. The van der Waals surface area contributed by atoms with Gasteiger partial charge in [-0.3, -0.25) is 0 Å². The summed E-state index contributed by atoms with van der Waals surface area (Å²) in [5.74, 6) is 0.309. The number of rotatable bonds is 4. The monoisotopic (exact) mass is 276 g/mol. The van der Waals surface area contributed by atoms with Crippen LogP contribution in [0.5, 0.6) is 0 Å². The fraction of sp³-hybridized carbons (Fsp3) is 0.267. The molecule has 2 aromatic rings. The van der Waals surface area contributed by atoms with Crippen molar-refractivity contribution >= 4 is 17.4 Å². The molecule has 0 aliphatic heterocycles. The van der Waals surface area contributed by atoms with E-state index >= 15 is 0 Å². The minimum Gasteiger partial charge on any atom is -0.383 e. The Morgan fingerprint density at radius 2 is 2.00 bits per heavy atom. The highest BCUT2D eigenvalue weighted by molar-refractivity contribution is 6.30. The zero-order chi connectivity index (χ0) is 13.9. The average Bonchev–Trinajstić information content (AvgIpc) is 2.42. The zero-order valence-corrected chi connectivity index (χ0v) is 11.6. The fourth-order valence-corrected chi connectivity index (χ4v) is 2.45. The van der Waals surface area contributed by atoms with Crippen LogP contribution in [-0.4, -0.2) is 10.1 Å². The number of benzene rings is 1. The maximum Gasteiger partial charge on any atom is 0.129 e. The van der Waals surface area contributed by atoms with Crippen LogP contribution < -0.4 is 5.73 Å². The molecule has 0 amide bonds. The Labute approximate surface area is 118 Å². The van der Waals surface area contributed by atoms with Gasteiger partial charge in [-0.25, -0.2) is 4.98 Å². The molecule has 0 saturated carbocycles. The molecule has 3 N–H and O–H groups in total. The number of anilines is 1. The number of pyridine rings is 1. The number of aliphatic hydroxyl groups is 1. The summed E-state index contributed by atoms with van der Waals surface area (Å²) in [6, 6.07) is 11.2. The molecular formula is C15H17ClN2O. The minimum absolute atomic E-state index is 0.309. The molecule has 4 heteroatoms. The second kappa shape index (κ2) is 5.59. The van der Waals surface area contributed by atoms with Crippen molar-refractivity contribution in [2.75, 3.05) is 5.73 Å². The van der Waals surface area contributed by atoms with E-state index in [4.69, 9.17) is 17.3 Å². The molecule has 19 heavy (non-hydrogen) atoms. The van der Waals surface area contributed by atoms with E-state index in [-0.39, 0.29) is 0 Å². The predicted octanol–water partition coefficient (Wildman–Crippen LogP) is 3.35. The first kappa shape index (κ1) is 13.8. The molecular weight excluding hydrogens is 260 g/mol. The Balaban J connectivity index is 2.59. The van der Waals surface area contributed by atoms with Crippen LogP contribution in [0.1, 0.15) is 30.9 Å². The molecule has 1 heterocycles. The number of hydrogen-bond acceptors (Lipinski definition) is 3. The van der Waals surface area contributed by atoms with E-state index in [9.17, 15) is 5.11 Å². The molecule has 0 spiro atoms. The molecule has 0 radical (unpaired) electrons. The largest absolute Gasteiger partial charge is 0.383 e. The molecule has 0 fully saturated rings. The quantitative estimate of drug-likeness (QED) is 0.900. The van der Waals surface area contributed by atoms with Gasteiger partial charge in [0.2, 0.25) is 0 Å². The molecule has 3 nitrogen and oxygen atoms in total. The molecule has 1 unspecified atom stereocenters. The predicted molar refractivity (Wildman–Crippen MR) is 78.0 cm³/mol. The molecule has 1 aromatic carbocycles. The number of hydrogen-bond donors (Lipinski definition) is 2. The zero-order valence-electron chi connectivity index (χ0n) is 10.8. The maximum absolute atomic E-state index is 11.1. The van der Waals surface area contributed by atoms with Crippen LogP contribution in [0.2, 0.25) is 5.02 Å². The fourth-order valence-electron chi connectivity index (χ4n) is 2.29. The van der Waals surface area contributed by atoms with Crippen molar-refractivity contribution in [3.05, 3.63) is 58.7 Å². The lowest BCUT2D eigenvalue weighted by Crippen LogP contribution is -2.28. The molecule has 1 atom stereocenters. The maximum atomic E-state index is 11.1. The third kappa shape index (κ3) is 2.72. The summed E-state index contributed by atoms with van der Waals surface area (Å²) in [6.07, 6.45) is 2.86. The van der Waals surface area contributed by atoms with Crippen LogP contribution in [0.25, 0.3) is 0 Å². The first-order valence-electron chi connectivity index (χ1n) is 6.27. The van der Waals surface area contributed by atoms with Gasteiger partial charge in [0, 0.05) is 11.8 Å². The summed E-state index contributed by atoms with van der Waals surface area (Å²) in [4.78, 5) is 4.04. The van der Waals surface area contributed by atoms with Crippen molar-refractivity contribution in [3.8, 4) is 0 Å². The van der Waals surface area contributed by atoms with Crippen LogP contribution >= 0.6 is 11.6 Å². The molecule has 0 aliphatic carbocycles. The Morgan fingerprint density at radius 3 is 2.63 bits per heavy atom. The van der Waals surface area contributed by atoms with E-state index < -0.39 is 5.60 Å². The summed E-state index contributed by atoms with van der Waals surface area (Å²) >= 11 is 5.98. The van der Waals surface area contributed by atoms with E-state index in [1.807, 2.05) is 37.3 Å². The van der Waals surface area contributed by atoms with Crippen molar-refractivity contribution < 1.29 is 5.11 Å². The highest BCUT2D eigenvalue weighted by Gasteiger charge is 2.33. The third-order valence-corrected chi connectivity index (χ3v) is 3.40. The summed E-state index contributed by atoms with van der Waals surface area (Å²) < 4.78 is 0. The lowest BCUT2D eigenvalue weighted by molar-refractivity contribution is 0.0707. The highest BCUT2D eigenvalue weighted by atomic mass is 35.5. The number of nitrogen functional groups attached to an aromatic ring is 1. The Bertz CT molecular complexity index is 559. The van der Waals surface area contributed by atoms with Crippen molar-refractivity contribution in [1.82, 2.24) is 4.98 Å². The molecule has 2 rings (SSSR count). The number of aromatic nitrogens is 1. The first-order chi connectivity index (χ1) is 9.08. The average molecular weight is 277 g/mol. The van der Waals surface area contributed by atoms with Crippen molar-refractivity contribution in [1.29, 1.82) is 0 Å². The first-order valence-corrected chi connectivity index (χ1v) is 6.65. The van der Waals surface area contributed by atoms with Gasteiger partial charge in [-0.1, -0.05) is 55.3 Å².